The Morgan fingerprint density at radius 1 is 1.13 bits per heavy atom. The third-order valence-corrected chi connectivity index (χ3v) is 7.05. The van der Waals surface area contributed by atoms with E-state index in [0.29, 0.717) is 36.4 Å². The fraction of sp³-hybridized carbons (Fsp3) is 0.381. The van der Waals surface area contributed by atoms with Crippen LogP contribution in [0.25, 0.3) is 0 Å². The number of amides is 1. The first kappa shape index (κ1) is 22.0. The molecule has 1 N–H and O–H groups in total. The van der Waals surface area contributed by atoms with Crippen LogP contribution in [-0.2, 0) is 21.4 Å². The Kier molecular flexibility index (Phi) is 6.94. The van der Waals surface area contributed by atoms with Crippen LogP contribution in [0, 0.1) is 11.7 Å². The largest absolute Gasteiger partial charge is 0.496 e. The van der Waals surface area contributed by atoms with E-state index < -0.39 is 21.8 Å². The molecule has 1 saturated heterocycles. The average molecular weight is 437 g/mol. The molecule has 2 aromatic rings. The lowest BCUT2D eigenvalue weighted by molar-refractivity contribution is -0.126. The van der Waals surface area contributed by atoms with Gasteiger partial charge in [-0.15, -0.1) is 0 Å². The van der Waals surface area contributed by atoms with Gasteiger partial charge in [0.15, 0.2) is 0 Å². The van der Waals surface area contributed by atoms with Gasteiger partial charge in [-0.2, -0.15) is 4.31 Å². The minimum absolute atomic E-state index is 0.0173. The first-order chi connectivity index (χ1) is 14.4. The number of methoxy groups -OCH3 is 2. The zero-order valence-corrected chi connectivity index (χ0v) is 17.7. The number of nitrogens with one attached hydrogen (secondary N) is 1. The van der Waals surface area contributed by atoms with Crippen molar-refractivity contribution in [3.8, 4) is 11.5 Å². The Hall–Kier alpha value is -2.65. The molecule has 0 radical (unpaired) electrons. The molecule has 162 valence electrons. The zero-order chi connectivity index (χ0) is 21.7. The Morgan fingerprint density at radius 3 is 2.37 bits per heavy atom. The van der Waals surface area contributed by atoms with Crippen molar-refractivity contribution in [3.05, 3.63) is 53.8 Å². The van der Waals surface area contributed by atoms with Gasteiger partial charge in [0.25, 0.3) is 0 Å². The van der Waals surface area contributed by atoms with Gasteiger partial charge in [0.05, 0.1) is 37.1 Å². The van der Waals surface area contributed by atoms with Crippen LogP contribution in [0.4, 0.5) is 4.39 Å². The molecular formula is C21H25FN2O5S. The van der Waals surface area contributed by atoms with Gasteiger partial charge in [0, 0.05) is 13.1 Å². The number of halogens is 1. The Labute approximate surface area is 175 Å². The number of carbonyl (C=O) groups is 1. The molecule has 7 nitrogen and oxygen atoms in total. The number of nitrogens with zero attached hydrogens (tertiary/aromatic N) is 1. The third-order valence-electron chi connectivity index (χ3n) is 5.18. The van der Waals surface area contributed by atoms with E-state index in [-0.39, 0.29) is 23.9 Å². The summed E-state index contributed by atoms with van der Waals surface area (Å²) in [6.45, 7) is 0.603. The first-order valence-electron chi connectivity index (χ1n) is 9.60. The maximum absolute atomic E-state index is 13.1. The summed E-state index contributed by atoms with van der Waals surface area (Å²) in [5.41, 5.74) is 0.711. The molecule has 1 aliphatic rings. The molecule has 0 bridgehead atoms. The molecule has 1 amide bonds. The van der Waals surface area contributed by atoms with E-state index in [1.165, 1.54) is 16.4 Å². The number of rotatable bonds is 7. The maximum Gasteiger partial charge on any atom is 0.243 e. The summed E-state index contributed by atoms with van der Waals surface area (Å²) >= 11 is 0. The van der Waals surface area contributed by atoms with Gasteiger partial charge in [-0.25, -0.2) is 12.8 Å². The number of carbonyl (C=O) groups excluding carboxylic acids is 1. The predicted octanol–water partition coefficient (Wildman–Crippen LogP) is 2.56. The van der Waals surface area contributed by atoms with Crippen molar-refractivity contribution in [1.29, 1.82) is 0 Å². The fourth-order valence-corrected chi connectivity index (χ4v) is 5.08. The molecule has 2 aromatic carbocycles. The molecule has 3 rings (SSSR count). The third kappa shape index (κ3) is 4.73. The molecule has 30 heavy (non-hydrogen) atoms. The summed E-state index contributed by atoms with van der Waals surface area (Å²) in [6.07, 6.45) is 1.15. The summed E-state index contributed by atoms with van der Waals surface area (Å²) < 4.78 is 50.8. The van der Waals surface area contributed by atoms with E-state index in [2.05, 4.69) is 5.32 Å². The molecule has 1 aliphatic heterocycles. The van der Waals surface area contributed by atoms with Crippen LogP contribution in [0.3, 0.4) is 0 Å². The van der Waals surface area contributed by atoms with Gasteiger partial charge in [-0.3, -0.25) is 4.79 Å². The SMILES string of the molecule is COc1cccc(OC)c1CNC(=O)C1CCCN(S(=O)(=O)c2ccc(F)cc2)C1. The van der Waals surface area contributed by atoms with Gasteiger partial charge in [-0.05, 0) is 49.2 Å². The van der Waals surface area contributed by atoms with Gasteiger partial charge in [-0.1, -0.05) is 6.07 Å². The van der Waals surface area contributed by atoms with Gasteiger partial charge >= 0.3 is 0 Å². The molecule has 1 atom stereocenters. The second-order valence-electron chi connectivity index (χ2n) is 7.02. The van der Waals surface area contributed by atoms with Gasteiger partial charge < -0.3 is 14.8 Å². The highest BCUT2D eigenvalue weighted by Gasteiger charge is 2.33. The molecule has 1 heterocycles. The first-order valence-corrected chi connectivity index (χ1v) is 11.0. The molecule has 0 aliphatic carbocycles. The standard InChI is InChI=1S/C21H25FN2O5S/c1-28-19-6-3-7-20(29-2)18(19)13-23-21(25)15-5-4-12-24(14-15)30(26,27)17-10-8-16(22)9-11-17/h3,6-11,15H,4-5,12-14H2,1-2H3,(H,23,25). The molecule has 0 aromatic heterocycles. The van der Waals surface area contributed by atoms with E-state index in [1.54, 1.807) is 32.4 Å². The summed E-state index contributed by atoms with van der Waals surface area (Å²) in [4.78, 5) is 12.8. The second kappa shape index (κ2) is 9.44. The van der Waals surface area contributed by atoms with E-state index in [1.807, 2.05) is 0 Å². The van der Waals surface area contributed by atoms with Gasteiger partial charge in [0.1, 0.15) is 17.3 Å². The number of sulfonamides is 1. The number of hydrogen-bond donors (Lipinski definition) is 1. The monoisotopic (exact) mass is 436 g/mol. The van der Waals surface area contributed by atoms with Crippen LogP contribution in [0.15, 0.2) is 47.4 Å². The molecule has 1 unspecified atom stereocenters. The van der Waals surface area contributed by atoms with Crippen molar-refractivity contribution in [2.45, 2.75) is 24.3 Å². The fourth-order valence-electron chi connectivity index (χ4n) is 3.55. The normalized spacial score (nSPS) is 17.4. The van der Waals surface area contributed by atoms with E-state index in [9.17, 15) is 17.6 Å². The van der Waals surface area contributed by atoms with E-state index in [0.717, 1.165) is 12.1 Å². The lowest BCUT2D eigenvalue weighted by atomic mass is 9.98. The highest BCUT2D eigenvalue weighted by Crippen LogP contribution is 2.29. The summed E-state index contributed by atoms with van der Waals surface area (Å²) in [5.74, 6) is -0.0223. The van der Waals surface area contributed by atoms with Crippen molar-refractivity contribution >= 4 is 15.9 Å². The van der Waals surface area contributed by atoms with Crippen LogP contribution in [-0.4, -0.2) is 45.9 Å². The molecule has 0 spiro atoms. The second-order valence-corrected chi connectivity index (χ2v) is 8.95. The van der Waals surface area contributed by atoms with Crippen molar-refractivity contribution in [1.82, 2.24) is 9.62 Å². The molecular weight excluding hydrogens is 411 g/mol. The van der Waals surface area contributed by atoms with Crippen LogP contribution < -0.4 is 14.8 Å². The van der Waals surface area contributed by atoms with E-state index >= 15 is 0 Å². The number of hydrogen-bond acceptors (Lipinski definition) is 5. The number of ether oxygens (including phenoxy) is 2. The summed E-state index contributed by atoms with van der Waals surface area (Å²) in [5, 5.41) is 2.87. The number of benzene rings is 2. The van der Waals surface area contributed by atoms with Crippen LogP contribution in [0.2, 0.25) is 0 Å². The molecule has 1 fully saturated rings. The lowest BCUT2D eigenvalue weighted by Crippen LogP contribution is -2.45. The highest BCUT2D eigenvalue weighted by molar-refractivity contribution is 7.89. The van der Waals surface area contributed by atoms with E-state index in [4.69, 9.17) is 9.47 Å². The average Bonchev–Trinajstić information content (AvgIpc) is 2.77. The zero-order valence-electron chi connectivity index (χ0n) is 16.9. The van der Waals surface area contributed by atoms with Crippen LogP contribution in [0.1, 0.15) is 18.4 Å². The predicted molar refractivity (Wildman–Crippen MR) is 109 cm³/mol. The van der Waals surface area contributed by atoms with Gasteiger partial charge in [0.2, 0.25) is 15.9 Å². The number of piperidine rings is 1. The Bertz CT molecular complexity index is 973. The topological polar surface area (TPSA) is 84.9 Å². The smallest absolute Gasteiger partial charge is 0.243 e. The van der Waals surface area contributed by atoms with Crippen molar-refractivity contribution in [2.75, 3.05) is 27.3 Å². The molecule has 9 heteroatoms. The van der Waals surface area contributed by atoms with Crippen molar-refractivity contribution in [2.24, 2.45) is 5.92 Å². The highest BCUT2D eigenvalue weighted by atomic mass is 32.2. The van der Waals surface area contributed by atoms with Crippen molar-refractivity contribution < 1.29 is 27.1 Å². The van der Waals surface area contributed by atoms with Crippen LogP contribution >= 0.6 is 0 Å². The van der Waals surface area contributed by atoms with Crippen molar-refractivity contribution in [3.63, 3.8) is 0 Å². The quantitative estimate of drug-likeness (QED) is 0.721. The Morgan fingerprint density at radius 2 is 1.77 bits per heavy atom. The van der Waals surface area contributed by atoms with Crippen LogP contribution in [0.5, 0.6) is 11.5 Å². The molecule has 0 saturated carbocycles. The summed E-state index contributed by atoms with van der Waals surface area (Å²) in [7, 11) is -0.705. The maximum atomic E-state index is 13.1. The minimum atomic E-state index is -3.79. The Balaban J connectivity index is 1.69. The minimum Gasteiger partial charge on any atom is -0.496 e. The lowest BCUT2D eigenvalue weighted by Gasteiger charge is -2.31. The summed E-state index contributed by atoms with van der Waals surface area (Å²) in [6, 6.07) is 10.1.